The number of rotatable bonds is 5. The topological polar surface area (TPSA) is 73.5 Å². The highest BCUT2D eigenvalue weighted by atomic mass is 35.5. The Morgan fingerprint density at radius 3 is 2.59 bits per heavy atom. The van der Waals surface area contributed by atoms with E-state index < -0.39 is 61.3 Å². The fraction of sp³-hybridized carbons (Fsp3) is 0.412. The first-order valence-electron chi connectivity index (χ1n) is 8.46. The van der Waals surface area contributed by atoms with Crippen LogP contribution in [0.1, 0.15) is 44.4 Å². The van der Waals surface area contributed by atoms with Crippen LogP contribution in [-0.2, 0) is 20.4 Å². The molecule has 0 spiro atoms. The van der Waals surface area contributed by atoms with Crippen LogP contribution < -0.4 is 0 Å². The summed E-state index contributed by atoms with van der Waals surface area (Å²) in [5.74, 6) is -2.91. The van der Waals surface area contributed by atoms with Crippen molar-refractivity contribution >= 4 is 26.5 Å². The number of hydrogen-bond acceptors (Lipinski definition) is 5. The predicted octanol–water partition coefficient (Wildman–Crippen LogP) is 4.56. The van der Waals surface area contributed by atoms with E-state index in [-0.39, 0.29) is 11.5 Å². The second-order valence-electron chi connectivity index (χ2n) is 6.78. The van der Waals surface area contributed by atoms with E-state index in [1.165, 1.54) is 0 Å². The molecular formula is C17H16ClF4N3O3S. The van der Waals surface area contributed by atoms with E-state index in [0.717, 1.165) is 12.1 Å². The molecule has 1 aromatic carbocycles. The summed E-state index contributed by atoms with van der Waals surface area (Å²) in [5, 5.41) is 6.34. The van der Waals surface area contributed by atoms with Gasteiger partial charge < -0.3 is 4.84 Å². The van der Waals surface area contributed by atoms with Crippen molar-refractivity contribution in [3.05, 3.63) is 46.2 Å². The van der Waals surface area contributed by atoms with E-state index in [0.29, 0.717) is 17.2 Å². The largest absolute Gasteiger partial charge is 0.388 e. The van der Waals surface area contributed by atoms with Gasteiger partial charge in [0.05, 0.1) is 5.75 Å². The lowest BCUT2D eigenvalue weighted by atomic mass is 10.0. The number of hydrogen-bond donors (Lipinski definition) is 0. The summed E-state index contributed by atoms with van der Waals surface area (Å²) in [7, 11) is -4.16. The monoisotopic (exact) mass is 453 g/mol. The summed E-state index contributed by atoms with van der Waals surface area (Å²) >= 11 is 6.09. The van der Waals surface area contributed by atoms with Crippen molar-refractivity contribution < 1.29 is 30.8 Å². The zero-order valence-electron chi connectivity index (χ0n) is 15.3. The van der Waals surface area contributed by atoms with Crippen molar-refractivity contribution in [1.29, 1.82) is 0 Å². The summed E-state index contributed by atoms with van der Waals surface area (Å²) in [6.07, 6.45) is -2.71. The number of oxime groups is 1. The van der Waals surface area contributed by atoms with Gasteiger partial charge in [-0.25, -0.2) is 30.7 Å². The molecule has 2 heterocycles. The molecule has 0 radical (unpaired) electrons. The Kier molecular flexibility index (Phi) is 5.65. The van der Waals surface area contributed by atoms with E-state index in [4.69, 9.17) is 16.4 Å². The SMILES string of the molecule is CCC1(C)CC(S(=O)(=O)Cc2c(C(F)F)nn(-c3ccc(F)cc3F)c2Cl)=NO1. The third-order valence-corrected chi connectivity index (χ3v) is 6.62. The minimum atomic E-state index is -4.16. The van der Waals surface area contributed by atoms with Gasteiger partial charge in [-0.2, -0.15) is 5.10 Å². The summed E-state index contributed by atoms with van der Waals surface area (Å²) in [6.45, 7) is 3.46. The number of sulfone groups is 1. The van der Waals surface area contributed by atoms with Gasteiger partial charge in [-0.1, -0.05) is 23.7 Å². The third-order valence-electron chi connectivity index (χ3n) is 4.63. The van der Waals surface area contributed by atoms with E-state index in [1.807, 2.05) is 0 Å². The molecule has 0 N–H and O–H groups in total. The summed E-state index contributed by atoms with van der Waals surface area (Å²) in [4.78, 5) is 5.16. The summed E-state index contributed by atoms with van der Waals surface area (Å²) in [5.41, 5.74) is -2.61. The molecule has 1 aliphatic rings. The quantitative estimate of drug-likeness (QED) is 0.622. The minimum Gasteiger partial charge on any atom is -0.388 e. The molecule has 1 aliphatic heterocycles. The average molecular weight is 454 g/mol. The maximum absolute atomic E-state index is 14.1. The van der Waals surface area contributed by atoms with Gasteiger partial charge in [0.25, 0.3) is 6.43 Å². The van der Waals surface area contributed by atoms with E-state index in [2.05, 4.69) is 10.3 Å². The molecule has 0 aliphatic carbocycles. The number of halogens is 5. The Morgan fingerprint density at radius 1 is 1.34 bits per heavy atom. The second kappa shape index (κ2) is 7.60. The Balaban J connectivity index is 2.03. The number of nitrogens with zero attached hydrogens (tertiary/aromatic N) is 3. The highest BCUT2D eigenvalue weighted by molar-refractivity contribution is 8.05. The standard InChI is InChI=1S/C17H16ClF4N3O3S/c1-3-17(2)7-13(24-28-17)29(26,27)8-10-14(16(21)22)23-25(15(10)18)12-5-4-9(19)6-11(12)20/h4-6,16H,3,7-8H2,1-2H3. The van der Waals surface area contributed by atoms with Crippen molar-refractivity contribution in [2.24, 2.45) is 5.16 Å². The van der Waals surface area contributed by atoms with Crippen molar-refractivity contribution in [1.82, 2.24) is 9.78 Å². The van der Waals surface area contributed by atoms with Gasteiger partial charge in [0.15, 0.2) is 20.7 Å². The molecule has 3 rings (SSSR count). The van der Waals surface area contributed by atoms with Crippen LogP contribution in [0.15, 0.2) is 23.4 Å². The van der Waals surface area contributed by atoms with Crippen LogP contribution in [0, 0.1) is 11.6 Å². The third kappa shape index (κ3) is 4.11. The van der Waals surface area contributed by atoms with Crippen molar-refractivity contribution in [2.45, 2.75) is 44.5 Å². The van der Waals surface area contributed by atoms with E-state index in [1.54, 1.807) is 13.8 Å². The van der Waals surface area contributed by atoms with Crippen LogP contribution in [0.25, 0.3) is 5.69 Å². The normalized spacial score (nSPS) is 19.5. The van der Waals surface area contributed by atoms with E-state index in [9.17, 15) is 26.0 Å². The lowest BCUT2D eigenvalue weighted by molar-refractivity contribution is -0.00605. The molecule has 2 aromatic rings. The lowest BCUT2D eigenvalue weighted by Crippen LogP contribution is -2.26. The lowest BCUT2D eigenvalue weighted by Gasteiger charge is -2.18. The molecule has 1 atom stereocenters. The highest BCUT2D eigenvalue weighted by Gasteiger charge is 2.39. The molecule has 12 heteroatoms. The first-order chi connectivity index (χ1) is 13.5. The highest BCUT2D eigenvalue weighted by Crippen LogP contribution is 2.35. The smallest absolute Gasteiger partial charge is 0.282 e. The van der Waals surface area contributed by atoms with Gasteiger partial charge in [-0.05, 0) is 25.5 Å². The van der Waals surface area contributed by atoms with Crippen molar-refractivity contribution in [3.63, 3.8) is 0 Å². The fourth-order valence-electron chi connectivity index (χ4n) is 2.74. The van der Waals surface area contributed by atoms with Crippen LogP contribution in [0.4, 0.5) is 17.6 Å². The average Bonchev–Trinajstić information content (AvgIpc) is 3.18. The predicted molar refractivity (Wildman–Crippen MR) is 97.9 cm³/mol. The number of alkyl halides is 2. The molecule has 29 heavy (non-hydrogen) atoms. The van der Waals surface area contributed by atoms with Crippen LogP contribution in [0.2, 0.25) is 5.15 Å². The number of aromatic nitrogens is 2. The molecule has 0 saturated carbocycles. The van der Waals surface area contributed by atoms with Crippen LogP contribution in [0.5, 0.6) is 0 Å². The molecule has 0 fully saturated rings. The molecule has 158 valence electrons. The van der Waals surface area contributed by atoms with Gasteiger partial charge >= 0.3 is 0 Å². The molecule has 6 nitrogen and oxygen atoms in total. The maximum Gasteiger partial charge on any atom is 0.282 e. The van der Waals surface area contributed by atoms with Gasteiger partial charge in [0, 0.05) is 18.1 Å². The maximum atomic E-state index is 14.1. The number of benzene rings is 1. The Hall–Kier alpha value is -2.14. The zero-order chi connectivity index (χ0) is 21.6. The van der Waals surface area contributed by atoms with Crippen LogP contribution >= 0.6 is 11.6 Å². The Bertz CT molecular complexity index is 1090. The summed E-state index contributed by atoms with van der Waals surface area (Å²) in [6, 6.07) is 2.38. The van der Waals surface area contributed by atoms with Crippen molar-refractivity contribution in [3.8, 4) is 5.69 Å². The minimum absolute atomic E-state index is 0.0197. The van der Waals surface area contributed by atoms with E-state index >= 15 is 0 Å². The summed E-state index contributed by atoms with van der Waals surface area (Å²) < 4.78 is 80.2. The fourth-order valence-corrected chi connectivity index (χ4v) is 4.62. The molecular weight excluding hydrogens is 438 g/mol. The molecule has 0 saturated heterocycles. The first-order valence-corrected chi connectivity index (χ1v) is 10.5. The molecule has 0 bridgehead atoms. The molecule has 1 aromatic heterocycles. The van der Waals surface area contributed by atoms with Gasteiger partial charge in [-0.3, -0.25) is 0 Å². The molecule has 0 amide bonds. The van der Waals surface area contributed by atoms with Crippen molar-refractivity contribution in [2.75, 3.05) is 0 Å². The molecule has 1 unspecified atom stereocenters. The van der Waals surface area contributed by atoms with Crippen LogP contribution in [-0.4, -0.2) is 28.8 Å². The second-order valence-corrected chi connectivity index (χ2v) is 9.13. The zero-order valence-corrected chi connectivity index (χ0v) is 16.9. The Labute approximate surface area is 169 Å². The Morgan fingerprint density at radius 2 is 2.03 bits per heavy atom. The van der Waals surface area contributed by atoms with Gasteiger partial charge in [-0.15, -0.1) is 0 Å². The van der Waals surface area contributed by atoms with Crippen LogP contribution in [0.3, 0.4) is 0 Å². The first kappa shape index (κ1) is 21.6. The van der Waals surface area contributed by atoms with Gasteiger partial charge in [0.2, 0.25) is 0 Å². The van der Waals surface area contributed by atoms with Gasteiger partial charge in [0.1, 0.15) is 28.0 Å².